The van der Waals surface area contributed by atoms with Crippen LogP contribution < -0.4 is 5.32 Å². The number of hydrogen-bond acceptors (Lipinski definition) is 3. The fraction of sp³-hybridized carbons (Fsp3) is 0.571. The molecule has 0 aliphatic rings. The molecule has 0 saturated heterocycles. The topological polar surface area (TPSA) is 58.5 Å². The molecule has 2 aromatic rings. The molecule has 2 aromatic heterocycles. The molecule has 0 aliphatic heterocycles. The molecule has 0 bridgehead atoms. The average Bonchev–Trinajstić information content (AvgIpc) is 3.00. The molecule has 0 atom stereocenters. The Morgan fingerprint density at radius 2 is 2.32 bits per heavy atom. The third-order valence-corrected chi connectivity index (χ3v) is 3.28. The van der Waals surface area contributed by atoms with Crippen molar-refractivity contribution in [2.75, 3.05) is 6.54 Å². The van der Waals surface area contributed by atoms with Crippen LogP contribution in [0.4, 0.5) is 0 Å². The Hall–Kier alpha value is -1.62. The molecule has 0 radical (unpaired) electrons. The van der Waals surface area contributed by atoms with Gasteiger partial charge in [-0.1, -0.05) is 6.92 Å². The van der Waals surface area contributed by atoms with Crippen LogP contribution in [-0.4, -0.2) is 26.5 Å². The third kappa shape index (κ3) is 3.92. The highest BCUT2D eigenvalue weighted by Crippen LogP contribution is 2.05. The number of nitrogens with one attached hydrogen (secondary N) is 2. The standard InChI is InChI=1S/C14H23N5/c1-3-9-19-14(6-8-17-19)11-15-7-4-5-13-10-16-18-12(13)2/h6,8,10,15H,3-5,7,9,11H2,1-2H3,(H,16,18). The molecule has 0 saturated carbocycles. The summed E-state index contributed by atoms with van der Waals surface area (Å²) >= 11 is 0. The predicted molar refractivity (Wildman–Crippen MR) is 75.9 cm³/mol. The number of hydrogen-bond donors (Lipinski definition) is 2. The van der Waals surface area contributed by atoms with Crippen molar-refractivity contribution in [1.29, 1.82) is 0 Å². The van der Waals surface area contributed by atoms with Gasteiger partial charge >= 0.3 is 0 Å². The molecular weight excluding hydrogens is 238 g/mol. The van der Waals surface area contributed by atoms with Crippen molar-refractivity contribution >= 4 is 0 Å². The minimum atomic E-state index is 0.893. The second kappa shape index (κ2) is 7.09. The lowest BCUT2D eigenvalue weighted by Crippen LogP contribution is -2.18. The Labute approximate surface area is 114 Å². The summed E-state index contributed by atoms with van der Waals surface area (Å²) < 4.78 is 2.08. The normalized spacial score (nSPS) is 11.1. The highest BCUT2D eigenvalue weighted by molar-refractivity contribution is 5.14. The number of nitrogens with zero attached hydrogens (tertiary/aromatic N) is 3. The lowest BCUT2D eigenvalue weighted by molar-refractivity contribution is 0.545. The van der Waals surface area contributed by atoms with E-state index < -0.39 is 0 Å². The van der Waals surface area contributed by atoms with Gasteiger partial charge in [-0.05, 0) is 44.4 Å². The zero-order chi connectivity index (χ0) is 13.5. The molecule has 5 heteroatoms. The number of rotatable bonds is 8. The van der Waals surface area contributed by atoms with Gasteiger partial charge in [0.15, 0.2) is 0 Å². The minimum absolute atomic E-state index is 0.893. The van der Waals surface area contributed by atoms with E-state index in [1.54, 1.807) is 0 Å². The second-order valence-corrected chi connectivity index (χ2v) is 4.85. The molecule has 2 N–H and O–H groups in total. The first-order valence-corrected chi connectivity index (χ1v) is 7.01. The van der Waals surface area contributed by atoms with E-state index in [-0.39, 0.29) is 0 Å². The summed E-state index contributed by atoms with van der Waals surface area (Å²) in [5.41, 5.74) is 3.76. The van der Waals surface area contributed by atoms with Crippen LogP contribution in [0.25, 0.3) is 0 Å². The van der Waals surface area contributed by atoms with Gasteiger partial charge in [-0.3, -0.25) is 9.78 Å². The molecule has 5 nitrogen and oxygen atoms in total. The molecular formula is C14H23N5. The van der Waals surface area contributed by atoms with Gasteiger partial charge in [0.05, 0.1) is 11.9 Å². The first kappa shape index (κ1) is 13.8. The van der Waals surface area contributed by atoms with E-state index in [1.807, 2.05) is 12.4 Å². The van der Waals surface area contributed by atoms with Gasteiger partial charge in [0.25, 0.3) is 0 Å². The van der Waals surface area contributed by atoms with Gasteiger partial charge in [-0.25, -0.2) is 0 Å². The van der Waals surface area contributed by atoms with Crippen LogP contribution in [0.2, 0.25) is 0 Å². The molecule has 0 fully saturated rings. The summed E-state index contributed by atoms with van der Waals surface area (Å²) in [4.78, 5) is 0. The van der Waals surface area contributed by atoms with E-state index in [9.17, 15) is 0 Å². The SMILES string of the molecule is CCCn1nccc1CNCCCc1cn[nH]c1C. The van der Waals surface area contributed by atoms with Crippen LogP contribution in [0, 0.1) is 6.92 Å². The quantitative estimate of drug-likeness (QED) is 0.715. The van der Waals surface area contributed by atoms with Gasteiger partial charge in [0.1, 0.15) is 0 Å². The highest BCUT2D eigenvalue weighted by Gasteiger charge is 2.02. The van der Waals surface area contributed by atoms with Gasteiger partial charge in [0, 0.05) is 25.0 Å². The number of aromatic amines is 1. The largest absolute Gasteiger partial charge is 0.311 e. The number of aryl methyl sites for hydroxylation is 3. The van der Waals surface area contributed by atoms with Crippen molar-refractivity contribution in [3.05, 3.63) is 35.4 Å². The second-order valence-electron chi connectivity index (χ2n) is 4.85. The fourth-order valence-electron chi connectivity index (χ4n) is 2.17. The Morgan fingerprint density at radius 1 is 1.42 bits per heavy atom. The van der Waals surface area contributed by atoms with Gasteiger partial charge in [-0.2, -0.15) is 10.2 Å². The molecule has 19 heavy (non-hydrogen) atoms. The smallest absolute Gasteiger partial charge is 0.0522 e. The Morgan fingerprint density at radius 3 is 3.05 bits per heavy atom. The van der Waals surface area contributed by atoms with Crippen molar-refractivity contribution in [2.24, 2.45) is 0 Å². The minimum Gasteiger partial charge on any atom is -0.311 e. The molecule has 2 rings (SSSR count). The van der Waals surface area contributed by atoms with Crippen molar-refractivity contribution in [3.63, 3.8) is 0 Å². The Balaban J connectivity index is 1.66. The molecule has 0 unspecified atom stereocenters. The van der Waals surface area contributed by atoms with Gasteiger partial charge in [0.2, 0.25) is 0 Å². The van der Waals surface area contributed by atoms with Crippen LogP contribution in [0.3, 0.4) is 0 Å². The maximum absolute atomic E-state index is 4.32. The maximum Gasteiger partial charge on any atom is 0.0522 e. The van der Waals surface area contributed by atoms with E-state index >= 15 is 0 Å². The first-order valence-electron chi connectivity index (χ1n) is 7.01. The van der Waals surface area contributed by atoms with Crippen LogP contribution in [-0.2, 0) is 19.5 Å². The van der Waals surface area contributed by atoms with Crippen molar-refractivity contribution in [2.45, 2.75) is 46.2 Å². The lowest BCUT2D eigenvalue weighted by atomic mass is 10.1. The van der Waals surface area contributed by atoms with E-state index in [2.05, 4.69) is 45.2 Å². The Kier molecular flexibility index (Phi) is 5.15. The van der Waals surface area contributed by atoms with Crippen LogP contribution in [0.1, 0.15) is 36.7 Å². The van der Waals surface area contributed by atoms with Crippen LogP contribution in [0.5, 0.6) is 0 Å². The molecule has 0 amide bonds. The zero-order valence-corrected chi connectivity index (χ0v) is 11.8. The van der Waals surface area contributed by atoms with Crippen LogP contribution >= 0.6 is 0 Å². The van der Waals surface area contributed by atoms with Crippen molar-refractivity contribution < 1.29 is 0 Å². The molecule has 104 valence electrons. The number of H-pyrrole nitrogens is 1. The van der Waals surface area contributed by atoms with E-state index in [0.29, 0.717) is 0 Å². The monoisotopic (exact) mass is 261 g/mol. The van der Waals surface area contributed by atoms with E-state index in [4.69, 9.17) is 0 Å². The maximum atomic E-state index is 4.32. The molecule has 0 aliphatic carbocycles. The highest BCUT2D eigenvalue weighted by atomic mass is 15.3. The average molecular weight is 261 g/mol. The molecule has 2 heterocycles. The van der Waals surface area contributed by atoms with Crippen molar-refractivity contribution in [1.82, 2.24) is 25.3 Å². The Bertz CT molecular complexity index is 485. The lowest BCUT2D eigenvalue weighted by Gasteiger charge is -2.07. The summed E-state index contributed by atoms with van der Waals surface area (Å²) in [6.45, 7) is 7.15. The molecule has 0 spiro atoms. The van der Waals surface area contributed by atoms with Crippen LogP contribution in [0.15, 0.2) is 18.5 Å². The summed E-state index contributed by atoms with van der Waals surface area (Å²) in [5, 5.41) is 14.8. The summed E-state index contributed by atoms with van der Waals surface area (Å²) in [7, 11) is 0. The summed E-state index contributed by atoms with van der Waals surface area (Å²) in [5.74, 6) is 0. The first-order chi connectivity index (χ1) is 9.31. The zero-order valence-electron chi connectivity index (χ0n) is 11.8. The number of aromatic nitrogens is 4. The van der Waals surface area contributed by atoms with Crippen molar-refractivity contribution in [3.8, 4) is 0 Å². The summed E-state index contributed by atoms with van der Waals surface area (Å²) in [6.07, 6.45) is 7.12. The van der Waals surface area contributed by atoms with Gasteiger partial charge < -0.3 is 5.32 Å². The fourth-order valence-corrected chi connectivity index (χ4v) is 2.17. The van der Waals surface area contributed by atoms with E-state index in [1.165, 1.54) is 17.0 Å². The van der Waals surface area contributed by atoms with E-state index in [0.717, 1.165) is 38.9 Å². The summed E-state index contributed by atoms with van der Waals surface area (Å²) in [6, 6.07) is 2.09. The predicted octanol–water partition coefficient (Wildman–Crippen LogP) is 2.05. The van der Waals surface area contributed by atoms with Gasteiger partial charge in [-0.15, -0.1) is 0 Å². The third-order valence-electron chi connectivity index (χ3n) is 3.28. The molecule has 0 aromatic carbocycles.